The first kappa shape index (κ1) is 11.5. The molecule has 0 fully saturated rings. The maximum Gasteiger partial charge on any atom is 0.278 e. The number of hydrogen-bond donors (Lipinski definition) is 0. The van der Waals surface area contributed by atoms with Crippen molar-refractivity contribution in [1.29, 1.82) is 0 Å². The summed E-state index contributed by atoms with van der Waals surface area (Å²) in [5, 5.41) is 4.47. The van der Waals surface area contributed by atoms with Crippen molar-refractivity contribution >= 4 is 5.52 Å². The Morgan fingerprint density at radius 1 is 1.35 bits per heavy atom. The summed E-state index contributed by atoms with van der Waals surface area (Å²) in [4.78, 5) is 23.9. The number of aromatic nitrogens is 3. The van der Waals surface area contributed by atoms with Crippen molar-refractivity contribution in [1.82, 2.24) is 14.2 Å². The van der Waals surface area contributed by atoms with Gasteiger partial charge < -0.3 is 4.74 Å². The predicted octanol–water partition coefficient (Wildman–Crippen LogP) is 0.333. The van der Waals surface area contributed by atoms with E-state index in [4.69, 9.17) is 4.74 Å². The zero-order valence-corrected chi connectivity index (χ0v) is 10.8. The van der Waals surface area contributed by atoms with Crippen LogP contribution in [0.2, 0.25) is 0 Å². The van der Waals surface area contributed by atoms with Crippen molar-refractivity contribution in [2.45, 2.75) is 19.4 Å². The smallest absolute Gasteiger partial charge is 0.278 e. The van der Waals surface area contributed by atoms with Crippen molar-refractivity contribution in [2.24, 2.45) is 5.41 Å². The summed E-state index contributed by atoms with van der Waals surface area (Å²) in [5.41, 5.74) is -0.0858. The van der Waals surface area contributed by atoms with Crippen molar-refractivity contribution in [3.63, 3.8) is 0 Å². The number of ether oxygens (including phenoxy) is 1. The molecule has 1 spiro atoms. The molecule has 4 heterocycles. The average Bonchev–Trinajstić information content (AvgIpc) is 2.79. The predicted molar refractivity (Wildman–Crippen MR) is 71.6 cm³/mol. The Kier molecular flexibility index (Phi) is 2.19. The van der Waals surface area contributed by atoms with Gasteiger partial charge in [0.1, 0.15) is 11.3 Å². The van der Waals surface area contributed by atoms with Gasteiger partial charge in [0, 0.05) is 36.7 Å². The first-order valence-electron chi connectivity index (χ1n) is 6.56. The second-order valence-electron chi connectivity index (χ2n) is 5.56. The van der Waals surface area contributed by atoms with Crippen LogP contribution in [0.15, 0.2) is 40.3 Å². The van der Waals surface area contributed by atoms with E-state index in [0.29, 0.717) is 25.1 Å². The van der Waals surface area contributed by atoms with Crippen LogP contribution in [0.4, 0.5) is 0 Å². The minimum Gasteiger partial charge on any atom is -0.501 e. The highest BCUT2D eigenvalue weighted by atomic mass is 16.5. The van der Waals surface area contributed by atoms with Crippen molar-refractivity contribution in [3.05, 3.63) is 57.1 Å². The highest BCUT2D eigenvalue weighted by Crippen LogP contribution is 2.36. The second-order valence-corrected chi connectivity index (χ2v) is 5.56. The molecule has 20 heavy (non-hydrogen) atoms. The second kappa shape index (κ2) is 3.82. The van der Waals surface area contributed by atoms with Crippen LogP contribution in [0, 0.1) is 5.41 Å². The van der Waals surface area contributed by atoms with Crippen molar-refractivity contribution in [2.75, 3.05) is 6.61 Å². The van der Waals surface area contributed by atoms with E-state index in [9.17, 15) is 9.59 Å². The van der Waals surface area contributed by atoms with Gasteiger partial charge in [-0.25, -0.2) is 4.52 Å². The summed E-state index contributed by atoms with van der Waals surface area (Å²) < 4.78 is 8.59. The van der Waals surface area contributed by atoms with Crippen molar-refractivity contribution < 1.29 is 4.74 Å². The summed E-state index contributed by atoms with van der Waals surface area (Å²) in [6.45, 7) is 1.19. The number of rotatable bonds is 0. The maximum absolute atomic E-state index is 12.5. The summed E-state index contributed by atoms with van der Waals surface area (Å²) in [5.74, 6) is 0.755. The number of allylic oxidation sites excluding steroid dienone is 1. The zero-order valence-electron chi connectivity index (χ0n) is 10.8. The minimum absolute atomic E-state index is 0.0772. The molecule has 0 aliphatic carbocycles. The monoisotopic (exact) mass is 271 g/mol. The molecule has 2 aromatic heterocycles. The molecule has 1 atom stereocenters. The Hall–Kier alpha value is -2.37. The quantitative estimate of drug-likeness (QED) is 0.692. The third-order valence-electron chi connectivity index (χ3n) is 4.06. The Labute approximate surface area is 113 Å². The molecule has 1 unspecified atom stereocenters. The van der Waals surface area contributed by atoms with Crippen molar-refractivity contribution in [3.8, 4) is 0 Å². The van der Waals surface area contributed by atoms with Gasteiger partial charge in [-0.2, -0.15) is 5.10 Å². The summed E-state index contributed by atoms with van der Waals surface area (Å²) >= 11 is 0. The topological polar surface area (TPSA) is 65.6 Å². The van der Waals surface area contributed by atoms with Crippen LogP contribution in [-0.2, 0) is 17.7 Å². The molecule has 6 heteroatoms. The SMILES string of the molecule is O=c1ccn2nc3n(c(=O)c2c1)CC1(CC=COC1)C3. The minimum atomic E-state index is -0.180. The number of pyridine rings is 1. The lowest BCUT2D eigenvalue weighted by Crippen LogP contribution is -2.31. The molecular weight excluding hydrogens is 258 g/mol. The highest BCUT2D eigenvalue weighted by molar-refractivity contribution is 5.43. The van der Waals surface area contributed by atoms with Gasteiger partial charge in [0.2, 0.25) is 0 Å². The van der Waals surface area contributed by atoms with Gasteiger partial charge in [-0.1, -0.05) is 0 Å². The molecule has 4 rings (SSSR count). The van der Waals surface area contributed by atoms with Crippen LogP contribution in [-0.4, -0.2) is 20.8 Å². The summed E-state index contributed by atoms with van der Waals surface area (Å²) in [6.07, 6.45) is 6.84. The lowest BCUT2D eigenvalue weighted by molar-refractivity contribution is 0.0905. The van der Waals surface area contributed by atoms with E-state index >= 15 is 0 Å². The summed E-state index contributed by atoms with van der Waals surface area (Å²) in [7, 11) is 0. The number of fused-ring (bicyclic) bond motifs is 2. The average molecular weight is 271 g/mol. The van der Waals surface area contributed by atoms with Crippen LogP contribution in [0.25, 0.3) is 5.52 Å². The Morgan fingerprint density at radius 2 is 2.25 bits per heavy atom. The molecule has 2 aliphatic rings. The van der Waals surface area contributed by atoms with E-state index in [1.54, 1.807) is 17.0 Å². The Morgan fingerprint density at radius 3 is 3.05 bits per heavy atom. The van der Waals surface area contributed by atoms with E-state index in [2.05, 4.69) is 5.10 Å². The fraction of sp³-hybridized carbons (Fsp3) is 0.357. The van der Waals surface area contributed by atoms with Gasteiger partial charge in [-0.05, 0) is 12.5 Å². The van der Waals surface area contributed by atoms with E-state index in [-0.39, 0.29) is 16.4 Å². The van der Waals surface area contributed by atoms with E-state index < -0.39 is 0 Å². The summed E-state index contributed by atoms with van der Waals surface area (Å²) in [6, 6.07) is 2.75. The fourth-order valence-corrected chi connectivity index (χ4v) is 3.06. The molecule has 0 aromatic carbocycles. The largest absolute Gasteiger partial charge is 0.501 e. The van der Waals surface area contributed by atoms with Crippen LogP contribution >= 0.6 is 0 Å². The van der Waals surface area contributed by atoms with Crippen LogP contribution in [0.1, 0.15) is 12.2 Å². The third-order valence-corrected chi connectivity index (χ3v) is 4.06. The lowest BCUT2D eigenvalue weighted by Gasteiger charge is -2.28. The van der Waals surface area contributed by atoms with E-state index in [1.165, 1.54) is 16.6 Å². The first-order chi connectivity index (χ1) is 9.67. The molecule has 2 aliphatic heterocycles. The van der Waals surface area contributed by atoms with Gasteiger partial charge in [0.05, 0.1) is 12.9 Å². The molecule has 0 N–H and O–H groups in total. The molecule has 102 valence electrons. The first-order valence-corrected chi connectivity index (χ1v) is 6.56. The van der Waals surface area contributed by atoms with Gasteiger partial charge >= 0.3 is 0 Å². The normalized spacial score (nSPS) is 24.0. The molecule has 0 saturated heterocycles. The van der Waals surface area contributed by atoms with Crippen LogP contribution in [0.3, 0.4) is 0 Å². The molecule has 6 nitrogen and oxygen atoms in total. The Bertz CT molecular complexity index is 849. The molecule has 0 radical (unpaired) electrons. The number of hydrogen-bond acceptors (Lipinski definition) is 4. The van der Waals surface area contributed by atoms with E-state index in [1.807, 2.05) is 6.08 Å². The van der Waals surface area contributed by atoms with Gasteiger partial charge in [-0.3, -0.25) is 14.2 Å². The number of nitrogens with zero attached hydrogens (tertiary/aromatic N) is 3. The fourth-order valence-electron chi connectivity index (χ4n) is 3.06. The van der Waals surface area contributed by atoms with Crippen LogP contribution in [0.5, 0.6) is 0 Å². The molecule has 0 bridgehead atoms. The molecule has 0 amide bonds. The van der Waals surface area contributed by atoms with Gasteiger partial charge in [-0.15, -0.1) is 0 Å². The van der Waals surface area contributed by atoms with Gasteiger partial charge in [0.25, 0.3) is 5.56 Å². The Balaban J connectivity index is 1.92. The molecule has 2 aromatic rings. The van der Waals surface area contributed by atoms with E-state index in [0.717, 1.165) is 12.2 Å². The van der Waals surface area contributed by atoms with Gasteiger partial charge in [0.15, 0.2) is 5.43 Å². The maximum atomic E-state index is 12.5. The van der Waals surface area contributed by atoms with Crippen LogP contribution < -0.4 is 11.0 Å². The molecule has 0 saturated carbocycles. The molecular formula is C14H13N3O3. The highest BCUT2D eigenvalue weighted by Gasteiger charge is 2.40. The standard InChI is InChI=1S/C14H13N3O3/c18-10-2-4-17-11(6-10)13(19)16-8-14(7-12(16)15-17)3-1-5-20-9-14/h1-2,4-6H,3,7-9H2. The lowest BCUT2D eigenvalue weighted by atomic mass is 9.83. The third kappa shape index (κ3) is 1.54. The zero-order chi connectivity index (χ0) is 13.7.